The van der Waals surface area contributed by atoms with Gasteiger partial charge in [0.2, 0.25) is 5.91 Å². The van der Waals surface area contributed by atoms with Gasteiger partial charge in [-0.05, 0) is 55.4 Å². The van der Waals surface area contributed by atoms with Crippen molar-refractivity contribution in [1.29, 1.82) is 0 Å². The van der Waals surface area contributed by atoms with Gasteiger partial charge in [0, 0.05) is 48.1 Å². The van der Waals surface area contributed by atoms with Crippen LogP contribution in [0, 0.1) is 6.92 Å². The van der Waals surface area contributed by atoms with Crippen LogP contribution in [-0.2, 0) is 9.59 Å². The Kier molecular flexibility index (Phi) is 7.28. The lowest BCUT2D eigenvalue weighted by molar-refractivity contribution is -0.117. The molecule has 2 heterocycles. The first-order valence-corrected chi connectivity index (χ1v) is 12.7. The van der Waals surface area contributed by atoms with Crippen LogP contribution in [0.25, 0.3) is 11.3 Å². The summed E-state index contributed by atoms with van der Waals surface area (Å²) < 4.78 is 0. The number of rotatable bonds is 6. The maximum Gasteiger partial charge on any atom is 0.258 e. The van der Waals surface area contributed by atoms with Crippen molar-refractivity contribution in [2.45, 2.75) is 6.92 Å². The van der Waals surface area contributed by atoms with Crippen LogP contribution >= 0.6 is 11.6 Å². The summed E-state index contributed by atoms with van der Waals surface area (Å²) in [5.74, 6) is -0.202. The molecule has 3 N–H and O–H groups in total. The molecule has 190 valence electrons. The van der Waals surface area contributed by atoms with Crippen molar-refractivity contribution < 1.29 is 9.59 Å². The molecule has 0 bridgehead atoms. The van der Waals surface area contributed by atoms with E-state index in [0.717, 1.165) is 54.2 Å². The summed E-state index contributed by atoms with van der Waals surface area (Å²) in [5, 5.41) is 10.0. The molecule has 0 radical (unpaired) electrons. The first kappa shape index (κ1) is 25.0. The van der Waals surface area contributed by atoms with E-state index in [0.29, 0.717) is 28.5 Å². The Morgan fingerprint density at radius 3 is 2.46 bits per heavy atom. The van der Waals surface area contributed by atoms with Crippen molar-refractivity contribution in [2.24, 2.45) is 0 Å². The number of nitrogens with one attached hydrogen (secondary N) is 3. The van der Waals surface area contributed by atoms with Gasteiger partial charge in [-0.15, -0.1) is 0 Å². The molecule has 2 amide bonds. The van der Waals surface area contributed by atoms with E-state index in [1.54, 1.807) is 12.1 Å². The van der Waals surface area contributed by atoms with Gasteiger partial charge in [0.15, 0.2) is 0 Å². The lowest BCUT2D eigenvalue weighted by atomic mass is 10.00. The minimum absolute atomic E-state index is 0.0154. The number of hydrogen-bond acceptors (Lipinski definition) is 5. The number of anilines is 3. The molecule has 7 nitrogen and oxygen atoms in total. The third kappa shape index (κ3) is 5.69. The first-order chi connectivity index (χ1) is 17.9. The molecule has 1 saturated heterocycles. The summed E-state index contributed by atoms with van der Waals surface area (Å²) in [6.07, 6.45) is 0. The molecular formula is C29H30ClN5O2. The Labute approximate surface area is 222 Å². The predicted octanol–water partition coefficient (Wildman–Crippen LogP) is 4.77. The van der Waals surface area contributed by atoms with Crippen LogP contribution in [0.15, 0.2) is 66.7 Å². The Morgan fingerprint density at radius 1 is 0.973 bits per heavy atom. The first-order valence-electron chi connectivity index (χ1n) is 12.4. The van der Waals surface area contributed by atoms with Crippen molar-refractivity contribution in [1.82, 2.24) is 9.80 Å². The van der Waals surface area contributed by atoms with Gasteiger partial charge in [0.25, 0.3) is 5.91 Å². The van der Waals surface area contributed by atoms with Crippen LogP contribution in [0.1, 0.15) is 16.7 Å². The quantitative estimate of drug-likeness (QED) is 0.412. The number of carbonyl (C=O) groups excluding carboxylic acids is 2. The van der Waals surface area contributed by atoms with Gasteiger partial charge in [-0.2, -0.15) is 0 Å². The number of fused-ring (bicyclic) bond motifs is 1. The van der Waals surface area contributed by atoms with Gasteiger partial charge in [-0.3, -0.25) is 14.5 Å². The summed E-state index contributed by atoms with van der Waals surface area (Å²) >= 11 is 6.16. The zero-order valence-corrected chi connectivity index (χ0v) is 21.7. The minimum atomic E-state index is -0.187. The number of aryl methyl sites for hydroxylation is 1. The second-order valence-corrected chi connectivity index (χ2v) is 9.98. The standard InChI is InChI=1S/C29H30ClN5O2/c1-19-16-22(9-11-24(19)32-26(36)18-35-14-12-34(2)13-15-35)31-28(20-6-4-3-5-7-20)27-23-10-8-21(30)17-25(23)33-29(27)37/h3-11,16-17,31H,12-15,18H2,1-2H3,(H,32,36)(H,33,37). The number of piperazine rings is 1. The Bertz CT molecular complexity index is 1360. The van der Waals surface area contributed by atoms with Gasteiger partial charge < -0.3 is 20.9 Å². The molecule has 37 heavy (non-hydrogen) atoms. The van der Waals surface area contributed by atoms with Crippen molar-refractivity contribution in [3.05, 3.63) is 88.4 Å². The molecular weight excluding hydrogens is 486 g/mol. The van der Waals surface area contributed by atoms with Gasteiger partial charge in [0.05, 0.1) is 23.5 Å². The summed E-state index contributed by atoms with van der Waals surface area (Å²) in [5.41, 5.74) is 6.15. The van der Waals surface area contributed by atoms with Crippen molar-refractivity contribution in [2.75, 3.05) is 55.7 Å². The predicted molar refractivity (Wildman–Crippen MR) is 151 cm³/mol. The Hall–Kier alpha value is -3.65. The normalized spacial score (nSPS) is 17.2. The third-order valence-electron chi connectivity index (χ3n) is 6.77. The average molecular weight is 516 g/mol. The van der Waals surface area contributed by atoms with E-state index in [1.807, 2.05) is 61.5 Å². The molecule has 0 atom stereocenters. The number of carbonyl (C=O) groups is 2. The van der Waals surface area contributed by atoms with E-state index >= 15 is 0 Å². The Balaban J connectivity index is 1.39. The smallest absolute Gasteiger partial charge is 0.258 e. The molecule has 3 aromatic carbocycles. The molecule has 0 aliphatic carbocycles. The fourth-order valence-corrected chi connectivity index (χ4v) is 4.87. The summed E-state index contributed by atoms with van der Waals surface area (Å²) in [7, 11) is 2.10. The van der Waals surface area contributed by atoms with Crippen LogP contribution in [0.3, 0.4) is 0 Å². The van der Waals surface area contributed by atoms with Crippen LogP contribution in [-0.4, -0.2) is 61.4 Å². The highest BCUT2D eigenvalue weighted by molar-refractivity contribution is 6.38. The summed E-state index contributed by atoms with van der Waals surface area (Å²) in [6, 6.07) is 21.0. The Morgan fingerprint density at radius 2 is 1.73 bits per heavy atom. The topological polar surface area (TPSA) is 76.7 Å². The van der Waals surface area contributed by atoms with E-state index in [1.165, 1.54) is 0 Å². The molecule has 1 fully saturated rings. The highest BCUT2D eigenvalue weighted by Gasteiger charge is 2.28. The van der Waals surface area contributed by atoms with E-state index < -0.39 is 0 Å². The number of hydrogen-bond donors (Lipinski definition) is 3. The SMILES string of the molecule is Cc1cc(NC(=C2C(=O)Nc3cc(Cl)ccc32)c2ccccc2)ccc1NC(=O)CN1CCN(C)CC1. The van der Waals surface area contributed by atoms with Gasteiger partial charge in [-0.1, -0.05) is 48.0 Å². The van der Waals surface area contributed by atoms with Crippen molar-refractivity contribution in [3.8, 4) is 0 Å². The van der Waals surface area contributed by atoms with Gasteiger partial charge >= 0.3 is 0 Å². The van der Waals surface area contributed by atoms with Crippen LogP contribution in [0.2, 0.25) is 5.02 Å². The molecule has 0 aromatic heterocycles. The molecule has 0 spiro atoms. The molecule has 0 saturated carbocycles. The largest absolute Gasteiger partial charge is 0.354 e. The fourth-order valence-electron chi connectivity index (χ4n) is 4.70. The van der Waals surface area contributed by atoms with Crippen LogP contribution < -0.4 is 16.0 Å². The lowest BCUT2D eigenvalue weighted by Gasteiger charge is -2.31. The third-order valence-corrected chi connectivity index (χ3v) is 7.01. The number of benzene rings is 3. The summed E-state index contributed by atoms with van der Waals surface area (Å²) in [6.45, 7) is 6.09. The molecule has 3 aromatic rings. The lowest BCUT2D eigenvalue weighted by Crippen LogP contribution is -2.47. The molecule has 2 aliphatic heterocycles. The van der Waals surface area contributed by atoms with E-state index in [2.05, 4.69) is 32.8 Å². The zero-order valence-electron chi connectivity index (χ0n) is 21.0. The van der Waals surface area contributed by atoms with Crippen molar-refractivity contribution >= 4 is 51.7 Å². The zero-order chi connectivity index (χ0) is 25.9. The van der Waals surface area contributed by atoms with Gasteiger partial charge in [-0.25, -0.2) is 0 Å². The molecule has 2 aliphatic rings. The highest BCUT2D eigenvalue weighted by Crippen LogP contribution is 2.39. The van der Waals surface area contributed by atoms with E-state index in [4.69, 9.17) is 11.6 Å². The van der Waals surface area contributed by atoms with E-state index in [-0.39, 0.29) is 11.8 Å². The maximum absolute atomic E-state index is 13.1. The summed E-state index contributed by atoms with van der Waals surface area (Å²) in [4.78, 5) is 30.2. The van der Waals surface area contributed by atoms with Crippen LogP contribution in [0.4, 0.5) is 17.1 Å². The number of halogens is 1. The minimum Gasteiger partial charge on any atom is -0.354 e. The number of nitrogens with zero attached hydrogens (tertiary/aromatic N) is 2. The second-order valence-electron chi connectivity index (χ2n) is 9.54. The van der Waals surface area contributed by atoms with E-state index in [9.17, 15) is 9.59 Å². The highest BCUT2D eigenvalue weighted by atomic mass is 35.5. The van der Waals surface area contributed by atoms with Gasteiger partial charge in [0.1, 0.15) is 0 Å². The monoisotopic (exact) mass is 515 g/mol. The maximum atomic E-state index is 13.1. The molecule has 0 unspecified atom stereocenters. The number of amides is 2. The number of likely N-dealkylation sites (N-methyl/N-ethyl adjacent to an activating group) is 1. The fraction of sp³-hybridized carbons (Fsp3) is 0.241. The average Bonchev–Trinajstić information content (AvgIpc) is 3.20. The molecule has 8 heteroatoms. The second kappa shape index (κ2) is 10.8. The van der Waals surface area contributed by atoms with Crippen molar-refractivity contribution in [3.63, 3.8) is 0 Å². The molecule has 5 rings (SSSR count). The van der Waals surface area contributed by atoms with Crippen LogP contribution in [0.5, 0.6) is 0 Å².